The predicted molar refractivity (Wildman–Crippen MR) is 76.5 cm³/mol. The van der Waals surface area contributed by atoms with Crippen LogP contribution in [0.3, 0.4) is 0 Å². The van der Waals surface area contributed by atoms with Gasteiger partial charge in [0.05, 0.1) is 6.61 Å². The maximum Gasteiger partial charge on any atom is 0.330 e. The number of aromatic nitrogens is 2. The lowest BCUT2D eigenvalue weighted by atomic mass is 9.91. The first-order chi connectivity index (χ1) is 10.9. The van der Waals surface area contributed by atoms with Crippen LogP contribution in [-0.2, 0) is 4.74 Å². The quantitative estimate of drug-likeness (QED) is 0.216. The van der Waals surface area contributed by atoms with E-state index in [0.29, 0.717) is 6.42 Å². The molecule has 2 heterocycles. The van der Waals surface area contributed by atoms with Crippen molar-refractivity contribution in [1.82, 2.24) is 9.55 Å². The van der Waals surface area contributed by atoms with Gasteiger partial charge in [-0.3, -0.25) is 14.3 Å². The number of aliphatic hydroxyl groups is 3. The van der Waals surface area contributed by atoms with Crippen molar-refractivity contribution in [3.63, 3.8) is 0 Å². The number of nitrogens with one attached hydrogen (secondary N) is 1. The monoisotopic (exact) mass is 327 g/mol. The molecular weight excluding hydrogens is 310 g/mol. The first kappa shape index (κ1) is 17.2. The van der Waals surface area contributed by atoms with E-state index < -0.39 is 41.9 Å². The Bertz CT molecular complexity index is 710. The zero-order valence-electron chi connectivity index (χ0n) is 12.1. The molecule has 1 fully saturated rings. The van der Waals surface area contributed by atoms with Crippen LogP contribution in [0.15, 0.2) is 27.0 Å². The fourth-order valence-electron chi connectivity index (χ4n) is 2.61. The molecule has 126 valence electrons. The molecule has 4 atom stereocenters. The van der Waals surface area contributed by atoms with Crippen LogP contribution in [0.2, 0.25) is 0 Å². The molecule has 11 nitrogen and oxygen atoms in total. The highest BCUT2D eigenvalue weighted by Crippen LogP contribution is 2.39. The minimum Gasteiger partial charge on any atom is -0.393 e. The largest absolute Gasteiger partial charge is 0.393 e. The number of rotatable bonds is 6. The lowest BCUT2D eigenvalue weighted by Crippen LogP contribution is -2.46. The Morgan fingerprint density at radius 2 is 2.22 bits per heavy atom. The molecule has 1 aromatic heterocycles. The third-order valence-electron chi connectivity index (χ3n) is 3.82. The van der Waals surface area contributed by atoms with Crippen LogP contribution in [-0.4, -0.2) is 55.8 Å². The summed E-state index contributed by atoms with van der Waals surface area (Å²) in [5.41, 5.74) is 5.33. The van der Waals surface area contributed by atoms with Crippen LogP contribution >= 0.6 is 0 Å². The van der Waals surface area contributed by atoms with Gasteiger partial charge in [0, 0.05) is 23.7 Å². The number of hydrogen-bond donors (Lipinski definition) is 4. The first-order valence-electron chi connectivity index (χ1n) is 6.92. The molecule has 1 unspecified atom stereocenters. The van der Waals surface area contributed by atoms with Gasteiger partial charge in [0.15, 0.2) is 6.23 Å². The third-order valence-corrected chi connectivity index (χ3v) is 3.82. The third kappa shape index (κ3) is 3.28. The number of azide groups is 1. The zero-order valence-corrected chi connectivity index (χ0v) is 12.1. The van der Waals surface area contributed by atoms with Crippen LogP contribution < -0.4 is 11.2 Å². The number of H-pyrrole nitrogens is 1. The molecule has 1 aliphatic rings. The topological polar surface area (TPSA) is 174 Å². The summed E-state index contributed by atoms with van der Waals surface area (Å²) in [5, 5.41) is 33.3. The Labute approximate surface area is 129 Å². The van der Waals surface area contributed by atoms with E-state index in [1.165, 1.54) is 0 Å². The molecule has 23 heavy (non-hydrogen) atoms. The first-order valence-corrected chi connectivity index (χ1v) is 6.92. The highest BCUT2D eigenvalue weighted by molar-refractivity contribution is 5.02. The van der Waals surface area contributed by atoms with E-state index in [2.05, 4.69) is 10.0 Å². The molecule has 1 saturated heterocycles. The van der Waals surface area contributed by atoms with E-state index in [0.717, 1.165) is 16.8 Å². The molecule has 1 aliphatic heterocycles. The van der Waals surface area contributed by atoms with Crippen molar-refractivity contribution < 1.29 is 20.1 Å². The summed E-state index contributed by atoms with van der Waals surface area (Å²) in [6.45, 7) is -0.468. The number of ether oxygens (including phenoxy) is 1. The van der Waals surface area contributed by atoms with Gasteiger partial charge < -0.3 is 20.1 Å². The maximum atomic E-state index is 11.8. The van der Waals surface area contributed by atoms with Crippen molar-refractivity contribution in [2.75, 3.05) is 13.2 Å². The molecule has 2 rings (SSSR count). The number of aliphatic hydroxyl groups excluding tert-OH is 3. The smallest absolute Gasteiger partial charge is 0.330 e. The van der Waals surface area contributed by atoms with Gasteiger partial charge in [0.2, 0.25) is 0 Å². The highest BCUT2D eigenvalue weighted by Gasteiger charge is 2.54. The molecule has 0 saturated carbocycles. The van der Waals surface area contributed by atoms with Crippen LogP contribution in [0.5, 0.6) is 0 Å². The lowest BCUT2D eigenvalue weighted by Gasteiger charge is -2.29. The summed E-state index contributed by atoms with van der Waals surface area (Å²) >= 11 is 0. The summed E-state index contributed by atoms with van der Waals surface area (Å²) < 4.78 is 6.50. The average Bonchev–Trinajstić information content (AvgIpc) is 2.77. The second kappa shape index (κ2) is 6.94. The summed E-state index contributed by atoms with van der Waals surface area (Å²) in [7, 11) is 0. The van der Waals surface area contributed by atoms with Crippen LogP contribution in [0.25, 0.3) is 10.4 Å². The van der Waals surface area contributed by atoms with Crippen molar-refractivity contribution in [2.24, 2.45) is 5.11 Å². The fraction of sp³-hybridized carbons (Fsp3) is 0.667. The molecule has 0 bridgehead atoms. The SMILES string of the molecule is [N-]=[N+]=NCCC[C@]1(CO)O[C@@H](n2ccc(=O)[nH]c2=O)C(O)[C@H]1O. The summed E-state index contributed by atoms with van der Waals surface area (Å²) in [5.74, 6) is 0. The average molecular weight is 327 g/mol. The fourth-order valence-corrected chi connectivity index (χ4v) is 2.61. The zero-order chi connectivity index (χ0) is 17.0. The highest BCUT2D eigenvalue weighted by atomic mass is 16.6. The Morgan fingerprint density at radius 1 is 1.48 bits per heavy atom. The van der Waals surface area contributed by atoms with Gasteiger partial charge in [-0.2, -0.15) is 0 Å². The van der Waals surface area contributed by atoms with Crippen LogP contribution in [0, 0.1) is 0 Å². The van der Waals surface area contributed by atoms with Gasteiger partial charge >= 0.3 is 5.69 Å². The van der Waals surface area contributed by atoms with Crippen molar-refractivity contribution in [3.05, 3.63) is 43.5 Å². The van der Waals surface area contributed by atoms with E-state index in [-0.39, 0.29) is 13.0 Å². The normalized spacial score (nSPS) is 30.1. The standard InChI is InChI=1S/C12H17N5O6/c13-16-14-4-1-3-12(6-18)9(21)8(20)10(23-12)17-5-2-7(19)15-11(17)22/h2,5,8-10,18,20-21H,1,3-4,6H2,(H,15,19,22)/t8?,9-,10-,12-/m1/s1. The van der Waals surface area contributed by atoms with E-state index >= 15 is 0 Å². The Morgan fingerprint density at radius 3 is 2.83 bits per heavy atom. The van der Waals surface area contributed by atoms with E-state index in [1.807, 2.05) is 4.98 Å². The minimum absolute atomic E-state index is 0.106. The van der Waals surface area contributed by atoms with Gasteiger partial charge in [0.1, 0.15) is 17.8 Å². The second-order valence-electron chi connectivity index (χ2n) is 5.24. The molecule has 0 amide bonds. The summed E-state index contributed by atoms with van der Waals surface area (Å²) in [6.07, 6.45) is -2.65. The molecule has 1 aromatic rings. The minimum atomic E-state index is -1.50. The summed E-state index contributed by atoms with van der Waals surface area (Å²) in [4.78, 5) is 27.5. The van der Waals surface area contributed by atoms with Gasteiger partial charge in [0.25, 0.3) is 5.56 Å². The van der Waals surface area contributed by atoms with E-state index in [1.54, 1.807) is 0 Å². The molecule has 0 aliphatic carbocycles. The van der Waals surface area contributed by atoms with E-state index in [9.17, 15) is 24.9 Å². The molecule has 4 N–H and O–H groups in total. The number of nitrogens with zero attached hydrogens (tertiary/aromatic N) is 4. The molecule has 11 heteroatoms. The molecule has 0 aromatic carbocycles. The van der Waals surface area contributed by atoms with Crippen LogP contribution in [0.1, 0.15) is 19.1 Å². The lowest BCUT2D eigenvalue weighted by molar-refractivity contribution is -0.133. The second-order valence-corrected chi connectivity index (χ2v) is 5.24. The Kier molecular flexibility index (Phi) is 5.19. The maximum absolute atomic E-state index is 11.8. The molecule has 0 spiro atoms. The number of hydrogen-bond acceptors (Lipinski definition) is 7. The van der Waals surface area contributed by atoms with Crippen molar-refractivity contribution in [2.45, 2.75) is 36.9 Å². The Hall–Kier alpha value is -2.17. The van der Waals surface area contributed by atoms with Crippen molar-refractivity contribution in [1.29, 1.82) is 0 Å². The molecular formula is C12H17N5O6. The Balaban J connectivity index is 2.26. The van der Waals surface area contributed by atoms with Crippen molar-refractivity contribution >= 4 is 0 Å². The number of aromatic amines is 1. The predicted octanol–water partition coefficient (Wildman–Crippen LogP) is -1.39. The van der Waals surface area contributed by atoms with Gasteiger partial charge in [-0.25, -0.2) is 4.79 Å². The van der Waals surface area contributed by atoms with Crippen molar-refractivity contribution in [3.8, 4) is 0 Å². The summed E-state index contributed by atoms with van der Waals surface area (Å²) in [6, 6.07) is 1.07. The van der Waals surface area contributed by atoms with E-state index in [4.69, 9.17) is 10.3 Å². The van der Waals surface area contributed by atoms with Gasteiger partial charge in [-0.15, -0.1) is 0 Å². The van der Waals surface area contributed by atoms with Crippen LogP contribution in [0.4, 0.5) is 0 Å². The van der Waals surface area contributed by atoms with Gasteiger partial charge in [-0.05, 0) is 18.4 Å². The molecule has 0 radical (unpaired) electrons. The van der Waals surface area contributed by atoms with Gasteiger partial charge in [-0.1, -0.05) is 5.11 Å².